The minimum Gasteiger partial charge on any atom is -0.495 e. The number of hydrogen-bond donors (Lipinski definition) is 0. The van der Waals surface area contributed by atoms with Crippen LogP contribution in [0.25, 0.3) is 0 Å². The molecule has 0 saturated carbocycles. The fourth-order valence-electron chi connectivity index (χ4n) is 2.09. The first kappa shape index (κ1) is 13.0. The van der Waals surface area contributed by atoms with Crippen molar-refractivity contribution in [2.24, 2.45) is 0 Å². The Morgan fingerprint density at radius 2 is 1.72 bits per heavy atom. The normalized spacial score (nSPS) is 15.7. The second-order valence-corrected chi connectivity index (χ2v) is 4.59. The molecule has 5 heteroatoms. The molecule has 1 aliphatic rings. The molecular weight excluding hydrogens is 254 g/mol. The van der Waals surface area contributed by atoms with Crippen LogP contribution >= 0.6 is 11.6 Å². The third-order valence-electron chi connectivity index (χ3n) is 3.12. The number of methoxy groups -OCH3 is 2. The summed E-state index contributed by atoms with van der Waals surface area (Å²) in [6, 6.07) is 3.60. The fourth-order valence-corrected chi connectivity index (χ4v) is 2.32. The van der Waals surface area contributed by atoms with Crippen LogP contribution in [0.2, 0.25) is 5.02 Å². The molecule has 0 unspecified atom stereocenters. The maximum Gasteiger partial charge on any atom is 0.145 e. The van der Waals surface area contributed by atoms with Crippen molar-refractivity contribution in [1.29, 1.82) is 0 Å². The van der Waals surface area contributed by atoms with Crippen LogP contribution < -0.4 is 14.4 Å². The molecule has 0 spiro atoms. The molecule has 0 aliphatic carbocycles. The zero-order valence-corrected chi connectivity index (χ0v) is 11.3. The lowest BCUT2D eigenvalue weighted by Gasteiger charge is -2.29. The highest BCUT2D eigenvalue weighted by Gasteiger charge is 2.20. The van der Waals surface area contributed by atoms with Gasteiger partial charge in [0.15, 0.2) is 0 Å². The Kier molecular flexibility index (Phi) is 3.97. The Morgan fingerprint density at radius 1 is 1.11 bits per heavy atom. The van der Waals surface area contributed by atoms with Gasteiger partial charge in [0.1, 0.15) is 17.3 Å². The molecule has 4 nitrogen and oxygen atoms in total. The van der Waals surface area contributed by atoms with E-state index in [4.69, 9.17) is 21.1 Å². The van der Waals surface area contributed by atoms with Gasteiger partial charge in [0, 0.05) is 32.0 Å². The van der Waals surface area contributed by atoms with E-state index in [1.54, 1.807) is 20.3 Å². The second kappa shape index (κ2) is 5.48. The smallest absolute Gasteiger partial charge is 0.145 e. The number of nitrogens with zero attached hydrogens (tertiary/aromatic N) is 1. The summed E-state index contributed by atoms with van der Waals surface area (Å²) in [6.07, 6.45) is 1.15. The van der Waals surface area contributed by atoms with Crippen molar-refractivity contribution in [2.75, 3.05) is 32.2 Å². The van der Waals surface area contributed by atoms with Crippen LogP contribution in [0.3, 0.4) is 0 Å². The number of carbonyl (C=O) groups is 1. The first-order chi connectivity index (χ1) is 8.65. The maximum absolute atomic E-state index is 11.3. The van der Waals surface area contributed by atoms with Gasteiger partial charge in [-0.25, -0.2) is 0 Å². The number of halogens is 1. The first-order valence-electron chi connectivity index (χ1n) is 5.84. The number of hydrogen-bond acceptors (Lipinski definition) is 4. The Balaban J connectivity index is 2.31. The number of Topliss-reactive ketones (excluding diaryl/α,β-unsaturated/α-hetero) is 1. The van der Waals surface area contributed by atoms with Crippen molar-refractivity contribution in [3.63, 3.8) is 0 Å². The van der Waals surface area contributed by atoms with Gasteiger partial charge in [0.25, 0.3) is 0 Å². The molecule has 0 amide bonds. The quantitative estimate of drug-likeness (QED) is 0.845. The number of ether oxygens (including phenoxy) is 2. The highest BCUT2D eigenvalue weighted by molar-refractivity contribution is 6.32. The third kappa shape index (κ3) is 2.53. The van der Waals surface area contributed by atoms with Crippen LogP contribution in [0.4, 0.5) is 5.69 Å². The monoisotopic (exact) mass is 269 g/mol. The standard InChI is InChI=1S/C13H16ClNO3/c1-17-12-8-13(18-2)11(7-10(12)14)15-5-3-9(16)4-6-15/h7-8H,3-6H2,1-2H3. The van der Waals surface area contributed by atoms with Crippen molar-refractivity contribution in [3.05, 3.63) is 17.2 Å². The van der Waals surface area contributed by atoms with Gasteiger partial charge in [-0.05, 0) is 6.07 Å². The largest absolute Gasteiger partial charge is 0.495 e. The minimum absolute atomic E-state index is 0.310. The van der Waals surface area contributed by atoms with Crippen molar-refractivity contribution in [1.82, 2.24) is 0 Å². The molecule has 0 radical (unpaired) electrons. The van der Waals surface area contributed by atoms with E-state index in [2.05, 4.69) is 4.90 Å². The first-order valence-corrected chi connectivity index (χ1v) is 6.21. The molecular formula is C13H16ClNO3. The van der Waals surface area contributed by atoms with Crippen molar-refractivity contribution in [2.45, 2.75) is 12.8 Å². The molecule has 1 aromatic rings. The Morgan fingerprint density at radius 3 is 2.28 bits per heavy atom. The summed E-state index contributed by atoms with van der Waals surface area (Å²) in [6.45, 7) is 1.41. The molecule has 1 fully saturated rings. The van der Waals surface area contributed by atoms with Gasteiger partial charge in [-0.2, -0.15) is 0 Å². The zero-order valence-electron chi connectivity index (χ0n) is 10.5. The summed E-state index contributed by atoms with van der Waals surface area (Å²) in [5, 5.41) is 0.546. The molecule has 1 aromatic carbocycles. The molecule has 0 N–H and O–H groups in total. The van der Waals surface area contributed by atoms with Crippen LogP contribution in [0.15, 0.2) is 12.1 Å². The lowest BCUT2D eigenvalue weighted by molar-refractivity contribution is -0.119. The predicted octanol–water partition coefficient (Wildman–Crippen LogP) is 2.53. The summed E-state index contributed by atoms with van der Waals surface area (Å²) < 4.78 is 10.5. The van der Waals surface area contributed by atoms with E-state index in [0.29, 0.717) is 48.2 Å². The average Bonchev–Trinajstić information content (AvgIpc) is 2.39. The number of anilines is 1. The number of ketones is 1. The molecule has 98 valence electrons. The maximum atomic E-state index is 11.3. The van der Waals surface area contributed by atoms with E-state index in [1.807, 2.05) is 6.07 Å². The van der Waals surface area contributed by atoms with E-state index in [9.17, 15) is 4.79 Å². The molecule has 0 bridgehead atoms. The van der Waals surface area contributed by atoms with Gasteiger partial charge in [-0.3, -0.25) is 4.79 Å². The van der Waals surface area contributed by atoms with Gasteiger partial charge in [0.05, 0.1) is 24.9 Å². The summed E-state index contributed by atoms with van der Waals surface area (Å²) in [5.41, 5.74) is 0.913. The summed E-state index contributed by atoms with van der Waals surface area (Å²) >= 11 is 6.13. The molecule has 2 rings (SSSR count). The van der Waals surface area contributed by atoms with Crippen LogP contribution in [0.1, 0.15) is 12.8 Å². The predicted molar refractivity (Wildman–Crippen MR) is 71.0 cm³/mol. The topological polar surface area (TPSA) is 38.8 Å². The summed E-state index contributed by atoms with van der Waals surface area (Å²) in [4.78, 5) is 13.4. The van der Waals surface area contributed by atoms with Crippen LogP contribution in [-0.4, -0.2) is 33.1 Å². The van der Waals surface area contributed by atoms with Crippen molar-refractivity contribution in [3.8, 4) is 11.5 Å². The molecule has 1 aliphatic heterocycles. The SMILES string of the molecule is COc1cc(OC)c(N2CCC(=O)CC2)cc1Cl. The number of benzene rings is 1. The molecule has 0 aromatic heterocycles. The van der Waals surface area contributed by atoms with Crippen LogP contribution in [0, 0.1) is 0 Å². The molecule has 1 saturated heterocycles. The lowest BCUT2D eigenvalue weighted by Crippen LogP contribution is -2.33. The van der Waals surface area contributed by atoms with Gasteiger partial charge < -0.3 is 14.4 Å². The van der Waals surface area contributed by atoms with Crippen molar-refractivity contribution < 1.29 is 14.3 Å². The zero-order chi connectivity index (χ0) is 13.1. The van der Waals surface area contributed by atoms with Gasteiger partial charge >= 0.3 is 0 Å². The average molecular weight is 270 g/mol. The van der Waals surface area contributed by atoms with Gasteiger partial charge in [0.2, 0.25) is 0 Å². The Bertz CT molecular complexity index is 452. The fraction of sp³-hybridized carbons (Fsp3) is 0.462. The number of piperidine rings is 1. The summed E-state index contributed by atoms with van der Waals surface area (Å²) in [7, 11) is 3.18. The van der Waals surface area contributed by atoms with Crippen molar-refractivity contribution >= 4 is 23.1 Å². The Labute approximate surface area is 111 Å². The van der Waals surface area contributed by atoms with E-state index in [0.717, 1.165) is 5.69 Å². The van der Waals surface area contributed by atoms with Gasteiger partial charge in [-0.15, -0.1) is 0 Å². The minimum atomic E-state index is 0.310. The van der Waals surface area contributed by atoms with E-state index >= 15 is 0 Å². The molecule has 1 heterocycles. The number of carbonyl (C=O) groups excluding carboxylic acids is 1. The number of rotatable bonds is 3. The lowest BCUT2D eigenvalue weighted by atomic mass is 10.1. The molecule has 0 atom stereocenters. The highest BCUT2D eigenvalue weighted by Crippen LogP contribution is 2.38. The van der Waals surface area contributed by atoms with Crippen LogP contribution in [-0.2, 0) is 4.79 Å². The Hall–Kier alpha value is -1.42. The third-order valence-corrected chi connectivity index (χ3v) is 3.41. The second-order valence-electron chi connectivity index (χ2n) is 4.18. The highest BCUT2D eigenvalue weighted by atomic mass is 35.5. The van der Waals surface area contributed by atoms with Gasteiger partial charge in [-0.1, -0.05) is 11.6 Å². The van der Waals surface area contributed by atoms with E-state index in [-0.39, 0.29) is 0 Å². The van der Waals surface area contributed by atoms with E-state index in [1.165, 1.54) is 0 Å². The van der Waals surface area contributed by atoms with Crippen LogP contribution in [0.5, 0.6) is 11.5 Å². The summed E-state index contributed by atoms with van der Waals surface area (Å²) in [5.74, 6) is 1.61. The van der Waals surface area contributed by atoms with E-state index < -0.39 is 0 Å². The molecule has 18 heavy (non-hydrogen) atoms.